The van der Waals surface area contributed by atoms with Gasteiger partial charge in [0.15, 0.2) is 5.65 Å². The van der Waals surface area contributed by atoms with Crippen molar-refractivity contribution in [1.29, 1.82) is 0 Å². The van der Waals surface area contributed by atoms with E-state index in [-0.39, 0.29) is 30.7 Å². The summed E-state index contributed by atoms with van der Waals surface area (Å²) >= 11 is 0. The van der Waals surface area contributed by atoms with Crippen LogP contribution < -0.4 is 11.0 Å². The van der Waals surface area contributed by atoms with Crippen molar-refractivity contribution in [2.75, 3.05) is 0 Å². The number of carbonyl (C=O) groups excluding carboxylic acids is 1. The van der Waals surface area contributed by atoms with E-state index in [9.17, 15) is 9.59 Å². The Hall–Kier alpha value is -3.49. The van der Waals surface area contributed by atoms with Gasteiger partial charge in [-0.25, -0.2) is 23.5 Å². The molecule has 3 heterocycles. The van der Waals surface area contributed by atoms with Crippen LogP contribution in [0, 0.1) is 6.92 Å². The molecule has 0 radical (unpaired) electrons. The van der Waals surface area contributed by atoms with Gasteiger partial charge >= 0.3 is 5.69 Å². The minimum Gasteiger partial charge on any atom is -0.350 e. The lowest BCUT2D eigenvalue weighted by Crippen LogP contribution is -2.40. The van der Waals surface area contributed by atoms with E-state index < -0.39 is 0 Å². The second kappa shape index (κ2) is 6.67. The molecule has 1 N–H and O–H groups in total. The van der Waals surface area contributed by atoms with Crippen molar-refractivity contribution >= 4 is 22.5 Å². The van der Waals surface area contributed by atoms with Crippen LogP contribution in [-0.2, 0) is 17.9 Å². The molecule has 0 saturated heterocycles. The Morgan fingerprint density at radius 2 is 2.11 bits per heavy atom. The molecule has 0 aliphatic carbocycles. The van der Waals surface area contributed by atoms with E-state index in [1.54, 1.807) is 4.40 Å². The van der Waals surface area contributed by atoms with Gasteiger partial charge < -0.3 is 5.32 Å². The number of amides is 1. The number of nitrogens with zero attached hydrogens (tertiary/aromatic N) is 6. The maximum atomic E-state index is 12.9. The van der Waals surface area contributed by atoms with E-state index in [1.807, 2.05) is 44.2 Å². The SMILES string of the molecule is Cc1cc2ccccc2n2c(=O)n(CC(C)NC(=O)Cn3cncn3)nc12. The standard InChI is InChI=1S/C18H19N7O2/c1-12-7-14-5-3-4-6-15(14)25-17(12)22-24(18(25)27)8-13(2)21-16(26)9-23-11-19-10-20-23/h3-7,10-11,13H,8-9H2,1-2H3,(H,21,26). The Balaban J connectivity index is 1.59. The molecule has 4 rings (SSSR count). The number of aryl methyl sites for hydroxylation is 1. The van der Waals surface area contributed by atoms with Gasteiger partial charge in [-0.05, 0) is 36.9 Å². The Labute approximate surface area is 154 Å². The van der Waals surface area contributed by atoms with Crippen molar-refractivity contribution in [1.82, 2.24) is 34.3 Å². The molecule has 0 fully saturated rings. The van der Waals surface area contributed by atoms with Crippen molar-refractivity contribution in [2.24, 2.45) is 0 Å². The normalized spacial score (nSPS) is 12.5. The van der Waals surface area contributed by atoms with Crippen LogP contribution in [0.25, 0.3) is 16.6 Å². The maximum Gasteiger partial charge on any atom is 0.350 e. The van der Waals surface area contributed by atoms with Gasteiger partial charge in [0.1, 0.15) is 19.2 Å². The molecule has 0 bridgehead atoms. The van der Waals surface area contributed by atoms with Gasteiger partial charge in [0.25, 0.3) is 0 Å². The lowest BCUT2D eigenvalue weighted by atomic mass is 10.1. The highest BCUT2D eigenvalue weighted by Gasteiger charge is 2.15. The van der Waals surface area contributed by atoms with Gasteiger partial charge in [0.2, 0.25) is 5.91 Å². The summed E-state index contributed by atoms with van der Waals surface area (Å²) in [7, 11) is 0. The van der Waals surface area contributed by atoms with Gasteiger partial charge in [-0.2, -0.15) is 5.10 Å². The van der Waals surface area contributed by atoms with Crippen molar-refractivity contribution < 1.29 is 4.79 Å². The van der Waals surface area contributed by atoms with Crippen molar-refractivity contribution in [3.8, 4) is 0 Å². The molecule has 4 aromatic rings. The van der Waals surface area contributed by atoms with Crippen molar-refractivity contribution in [2.45, 2.75) is 33.0 Å². The van der Waals surface area contributed by atoms with Gasteiger partial charge in [-0.3, -0.25) is 4.79 Å². The molecule has 0 spiro atoms. The molecule has 27 heavy (non-hydrogen) atoms. The number of benzene rings is 1. The largest absolute Gasteiger partial charge is 0.350 e. The summed E-state index contributed by atoms with van der Waals surface area (Å²) in [5, 5.41) is 12.2. The summed E-state index contributed by atoms with van der Waals surface area (Å²) in [6.07, 6.45) is 2.85. The number of nitrogens with one attached hydrogen (secondary N) is 1. The van der Waals surface area contributed by atoms with E-state index in [0.717, 1.165) is 16.5 Å². The first kappa shape index (κ1) is 17.0. The summed E-state index contributed by atoms with van der Waals surface area (Å²) in [6.45, 7) is 4.12. The van der Waals surface area contributed by atoms with Crippen molar-refractivity contribution in [3.63, 3.8) is 0 Å². The molecule has 9 nitrogen and oxygen atoms in total. The fourth-order valence-electron chi connectivity index (χ4n) is 3.20. The molecule has 1 atom stereocenters. The zero-order chi connectivity index (χ0) is 19.0. The number of aromatic nitrogens is 6. The van der Waals surface area contributed by atoms with Crippen molar-refractivity contribution in [3.05, 3.63) is 59.0 Å². The molecule has 0 saturated carbocycles. The van der Waals surface area contributed by atoms with E-state index >= 15 is 0 Å². The number of para-hydroxylation sites is 1. The summed E-state index contributed by atoms with van der Waals surface area (Å²) in [5.74, 6) is -0.202. The number of pyridine rings is 1. The Bertz CT molecular complexity index is 1170. The van der Waals surface area contributed by atoms with Crippen LogP contribution in [0.2, 0.25) is 0 Å². The predicted octanol–water partition coefficient (Wildman–Crippen LogP) is 0.754. The third-order valence-corrected chi connectivity index (χ3v) is 4.37. The molecule has 1 aromatic carbocycles. The molecule has 9 heteroatoms. The zero-order valence-electron chi connectivity index (χ0n) is 15.0. The molecule has 1 amide bonds. The summed E-state index contributed by atoms with van der Waals surface area (Å²) in [4.78, 5) is 28.8. The molecule has 138 valence electrons. The van der Waals surface area contributed by atoms with E-state index in [2.05, 4.69) is 20.5 Å². The highest BCUT2D eigenvalue weighted by Crippen LogP contribution is 2.17. The van der Waals surface area contributed by atoms with E-state index in [4.69, 9.17) is 0 Å². The molecule has 0 aliphatic rings. The van der Waals surface area contributed by atoms with E-state index in [1.165, 1.54) is 22.0 Å². The predicted molar refractivity (Wildman–Crippen MR) is 99.3 cm³/mol. The number of rotatable bonds is 5. The minimum atomic E-state index is -0.268. The monoisotopic (exact) mass is 365 g/mol. The Kier molecular flexibility index (Phi) is 4.19. The van der Waals surface area contributed by atoms with E-state index in [0.29, 0.717) is 5.65 Å². The first-order chi connectivity index (χ1) is 13.0. The Morgan fingerprint density at radius 1 is 1.30 bits per heavy atom. The van der Waals surface area contributed by atoms with Gasteiger partial charge in [-0.15, -0.1) is 5.10 Å². The van der Waals surface area contributed by atoms with Crippen LogP contribution in [0.5, 0.6) is 0 Å². The fourth-order valence-corrected chi connectivity index (χ4v) is 3.20. The molecule has 1 unspecified atom stereocenters. The highest BCUT2D eigenvalue weighted by molar-refractivity contribution is 5.83. The third kappa shape index (κ3) is 3.19. The first-order valence-corrected chi connectivity index (χ1v) is 8.62. The van der Waals surface area contributed by atoms with Crippen LogP contribution >= 0.6 is 0 Å². The average Bonchev–Trinajstić information content (AvgIpc) is 3.24. The average molecular weight is 365 g/mol. The number of hydrogen-bond donors (Lipinski definition) is 1. The number of carbonyl (C=O) groups is 1. The maximum absolute atomic E-state index is 12.9. The van der Waals surface area contributed by atoms with Crippen LogP contribution in [0.3, 0.4) is 0 Å². The lowest BCUT2D eigenvalue weighted by molar-refractivity contribution is -0.122. The van der Waals surface area contributed by atoms with Crippen LogP contribution in [0.15, 0.2) is 47.8 Å². The zero-order valence-corrected chi connectivity index (χ0v) is 15.0. The molecular formula is C18H19N7O2. The Morgan fingerprint density at radius 3 is 2.89 bits per heavy atom. The van der Waals surface area contributed by atoms with Crippen LogP contribution in [-0.4, -0.2) is 40.9 Å². The quantitative estimate of drug-likeness (QED) is 0.563. The van der Waals surface area contributed by atoms with Gasteiger partial charge in [-0.1, -0.05) is 18.2 Å². The second-order valence-corrected chi connectivity index (χ2v) is 6.57. The first-order valence-electron chi connectivity index (χ1n) is 8.62. The topological polar surface area (TPSA) is 99.1 Å². The number of hydrogen-bond acceptors (Lipinski definition) is 5. The lowest BCUT2D eigenvalue weighted by Gasteiger charge is -2.13. The summed E-state index contributed by atoms with van der Waals surface area (Å²) in [5.41, 5.74) is 2.15. The van der Waals surface area contributed by atoms with Crippen LogP contribution in [0.4, 0.5) is 0 Å². The number of fused-ring (bicyclic) bond motifs is 3. The third-order valence-electron chi connectivity index (χ3n) is 4.37. The molecule has 3 aromatic heterocycles. The van der Waals surface area contributed by atoms with Gasteiger partial charge in [0, 0.05) is 6.04 Å². The highest BCUT2D eigenvalue weighted by atomic mass is 16.2. The molecular weight excluding hydrogens is 346 g/mol. The second-order valence-electron chi connectivity index (χ2n) is 6.57. The summed E-state index contributed by atoms with van der Waals surface area (Å²) in [6, 6.07) is 9.46. The summed E-state index contributed by atoms with van der Waals surface area (Å²) < 4.78 is 4.46. The minimum absolute atomic E-state index is 0.0775. The smallest absolute Gasteiger partial charge is 0.350 e. The van der Waals surface area contributed by atoms with Crippen LogP contribution in [0.1, 0.15) is 12.5 Å². The molecule has 0 aliphatic heterocycles. The fraction of sp³-hybridized carbons (Fsp3) is 0.278. The van der Waals surface area contributed by atoms with Gasteiger partial charge in [0.05, 0.1) is 12.1 Å².